The van der Waals surface area contributed by atoms with Gasteiger partial charge in [-0.25, -0.2) is 0 Å². The highest BCUT2D eigenvalue weighted by Crippen LogP contribution is 2.29. The minimum Gasteiger partial charge on any atom is -0.493 e. The van der Waals surface area contributed by atoms with E-state index in [4.69, 9.17) is 9.47 Å². The zero-order valence-electron chi connectivity index (χ0n) is 18.0. The van der Waals surface area contributed by atoms with Gasteiger partial charge in [0.2, 0.25) is 0 Å². The molecule has 1 N–H and O–H groups in total. The van der Waals surface area contributed by atoms with Gasteiger partial charge in [0.05, 0.1) is 7.11 Å². The number of likely N-dealkylation sites (tertiary alicyclic amines) is 1. The summed E-state index contributed by atoms with van der Waals surface area (Å²) in [7, 11) is 3.87. The average molecular weight is 392 g/mol. The molecule has 0 bridgehead atoms. The van der Waals surface area contributed by atoms with Gasteiger partial charge >= 0.3 is 0 Å². The van der Waals surface area contributed by atoms with Crippen LogP contribution in [-0.4, -0.2) is 91.5 Å². The maximum Gasteiger partial charge on any atom is 0.161 e. The Balaban J connectivity index is 1.54. The van der Waals surface area contributed by atoms with Crippen molar-refractivity contribution in [2.75, 3.05) is 60.0 Å². The van der Waals surface area contributed by atoms with E-state index in [0.29, 0.717) is 18.9 Å². The number of ether oxygens (including phenoxy) is 2. The molecule has 1 aromatic rings. The number of methoxy groups -OCH3 is 1. The number of likely N-dealkylation sites (N-methyl/N-ethyl adjacent to an activating group) is 1. The second-order valence-corrected chi connectivity index (χ2v) is 8.90. The van der Waals surface area contributed by atoms with Crippen molar-refractivity contribution in [2.24, 2.45) is 0 Å². The predicted molar refractivity (Wildman–Crippen MR) is 112 cm³/mol. The maximum absolute atomic E-state index is 10.3. The van der Waals surface area contributed by atoms with Crippen LogP contribution in [-0.2, 0) is 6.54 Å². The fraction of sp³-hybridized carbons (Fsp3) is 0.727. The largest absolute Gasteiger partial charge is 0.493 e. The van der Waals surface area contributed by atoms with Gasteiger partial charge in [-0.2, -0.15) is 0 Å². The number of aliphatic hydroxyl groups is 1. The Morgan fingerprint density at radius 3 is 2.50 bits per heavy atom. The standard InChI is InChI=1S/C22H37N3O3/c1-22(2)17-25(12-11-23(22)3)14-18-7-8-20(21(13-18)27-4)28-16-19(26)15-24-9-5-6-10-24/h7-8,13,19,26H,5-6,9-12,14-17H2,1-4H3/t19-/m0/s1. The minimum absolute atomic E-state index is 0.191. The molecule has 6 heteroatoms. The summed E-state index contributed by atoms with van der Waals surface area (Å²) in [5, 5.41) is 10.3. The van der Waals surface area contributed by atoms with Crippen LogP contribution >= 0.6 is 0 Å². The molecule has 2 heterocycles. The number of hydrogen-bond donors (Lipinski definition) is 1. The smallest absolute Gasteiger partial charge is 0.161 e. The fourth-order valence-electron chi connectivity index (χ4n) is 4.17. The molecule has 2 fully saturated rings. The highest BCUT2D eigenvalue weighted by Gasteiger charge is 2.30. The summed E-state index contributed by atoms with van der Waals surface area (Å²) < 4.78 is 11.4. The first kappa shape index (κ1) is 21.4. The average Bonchev–Trinajstić information content (AvgIpc) is 3.16. The van der Waals surface area contributed by atoms with Gasteiger partial charge < -0.3 is 19.5 Å². The highest BCUT2D eigenvalue weighted by molar-refractivity contribution is 5.43. The molecular weight excluding hydrogens is 354 g/mol. The molecule has 158 valence electrons. The number of rotatable bonds is 8. The second kappa shape index (κ2) is 9.44. The summed E-state index contributed by atoms with van der Waals surface area (Å²) in [5.41, 5.74) is 1.42. The van der Waals surface area contributed by atoms with Gasteiger partial charge in [0, 0.05) is 38.3 Å². The van der Waals surface area contributed by atoms with Crippen molar-refractivity contribution in [2.45, 2.75) is 44.9 Å². The van der Waals surface area contributed by atoms with E-state index in [1.54, 1.807) is 7.11 Å². The quantitative estimate of drug-likeness (QED) is 0.732. The Hall–Kier alpha value is -1.34. The van der Waals surface area contributed by atoms with E-state index in [0.717, 1.165) is 45.0 Å². The Labute approximate surface area is 170 Å². The van der Waals surface area contributed by atoms with Crippen LogP contribution in [0.25, 0.3) is 0 Å². The summed E-state index contributed by atoms with van der Waals surface area (Å²) in [5.74, 6) is 1.43. The van der Waals surface area contributed by atoms with E-state index in [1.807, 2.05) is 6.07 Å². The Bertz CT molecular complexity index is 631. The van der Waals surface area contributed by atoms with Crippen LogP contribution in [0, 0.1) is 0 Å². The van der Waals surface area contributed by atoms with E-state index in [-0.39, 0.29) is 5.54 Å². The van der Waals surface area contributed by atoms with Crippen LogP contribution in [0.5, 0.6) is 11.5 Å². The maximum atomic E-state index is 10.3. The zero-order chi connectivity index (χ0) is 20.1. The lowest BCUT2D eigenvalue weighted by Gasteiger charge is -2.45. The van der Waals surface area contributed by atoms with Crippen LogP contribution in [0.3, 0.4) is 0 Å². The molecule has 1 aromatic carbocycles. The lowest BCUT2D eigenvalue weighted by Crippen LogP contribution is -2.57. The third-order valence-corrected chi connectivity index (χ3v) is 6.13. The van der Waals surface area contributed by atoms with Crippen LogP contribution in [0.2, 0.25) is 0 Å². The third kappa shape index (κ3) is 5.60. The van der Waals surface area contributed by atoms with Gasteiger partial charge in [-0.05, 0) is 64.5 Å². The van der Waals surface area contributed by atoms with E-state index in [2.05, 4.69) is 47.7 Å². The molecule has 0 radical (unpaired) electrons. The van der Waals surface area contributed by atoms with Gasteiger partial charge in [0.15, 0.2) is 11.5 Å². The fourth-order valence-corrected chi connectivity index (χ4v) is 4.17. The van der Waals surface area contributed by atoms with E-state index in [1.165, 1.54) is 18.4 Å². The summed E-state index contributed by atoms with van der Waals surface area (Å²) in [6.07, 6.45) is 1.98. The van der Waals surface area contributed by atoms with E-state index in [9.17, 15) is 5.11 Å². The first-order chi connectivity index (χ1) is 13.4. The van der Waals surface area contributed by atoms with E-state index >= 15 is 0 Å². The summed E-state index contributed by atoms with van der Waals surface area (Å²) in [6.45, 7) is 11.8. The molecule has 2 saturated heterocycles. The van der Waals surface area contributed by atoms with Crippen LogP contribution in [0.15, 0.2) is 18.2 Å². The molecule has 0 spiro atoms. The number of β-amino-alcohol motifs (C(OH)–C–C–N with tert-alkyl or cyclic N) is 1. The van der Waals surface area contributed by atoms with Crippen LogP contribution in [0.4, 0.5) is 0 Å². The Kier molecular flexibility index (Phi) is 7.20. The number of benzene rings is 1. The van der Waals surface area contributed by atoms with Crippen molar-refractivity contribution in [3.8, 4) is 11.5 Å². The molecule has 3 rings (SSSR count). The van der Waals surface area contributed by atoms with Crippen molar-refractivity contribution < 1.29 is 14.6 Å². The molecular formula is C22H37N3O3. The van der Waals surface area contributed by atoms with Crippen LogP contribution < -0.4 is 9.47 Å². The molecule has 0 unspecified atom stereocenters. The molecule has 6 nitrogen and oxygen atoms in total. The first-order valence-corrected chi connectivity index (χ1v) is 10.5. The molecule has 28 heavy (non-hydrogen) atoms. The summed E-state index contributed by atoms with van der Waals surface area (Å²) >= 11 is 0. The molecule has 0 aromatic heterocycles. The topological polar surface area (TPSA) is 48.4 Å². The molecule has 2 aliphatic heterocycles. The molecule has 0 saturated carbocycles. The molecule has 2 aliphatic rings. The monoisotopic (exact) mass is 391 g/mol. The second-order valence-electron chi connectivity index (χ2n) is 8.90. The summed E-state index contributed by atoms with van der Waals surface area (Å²) in [6, 6.07) is 6.14. The summed E-state index contributed by atoms with van der Waals surface area (Å²) in [4.78, 5) is 7.22. The number of nitrogens with zero attached hydrogens (tertiary/aromatic N) is 3. The van der Waals surface area contributed by atoms with E-state index < -0.39 is 6.10 Å². The lowest BCUT2D eigenvalue weighted by atomic mass is 9.99. The third-order valence-electron chi connectivity index (χ3n) is 6.13. The van der Waals surface area contributed by atoms with Crippen LogP contribution in [0.1, 0.15) is 32.3 Å². The molecule has 1 atom stereocenters. The normalized spacial score (nSPS) is 22.3. The Morgan fingerprint density at radius 1 is 1.07 bits per heavy atom. The number of aliphatic hydroxyl groups excluding tert-OH is 1. The zero-order valence-corrected chi connectivity index (χ0v) is 18.0. The van der Waals surface area contributed by atoms with Crippen molar-refractivity contribution in [1.82, 2.24) is 14.7 Å². The van der Waals surface area contributed by atoms with Crippen molar-refractivity contribution in [3.63, 3.8) is 0 Å². The number of piperazine rings is 1. The molecule has 0 aliphatic carbocycles. The van der Waals surface area contributed by atoms with Gasteiger partial charge in [-0.15, -0.1) is 0 Å². The van der Waals surface area contributed by atoms with Crippen molar-refractivity contribution in [3.05, 3.63) is 23.8 Å². The highest BCUT2D eigenvalue weighted by atomic mass is 16.5. The Morgan fingerprint density at radius 2 is 1.82 bits per heavy atom. The van der Waals surface area contributed by atoms with Crippen molar-refractivity contribution in [1.29, 1.82) is 0 Å². The lowest BCUT2D eigenvalue weighted by molar-refractivity contribution is 0.0359. The minimum atomic E-state index is -0.477. The van der Waals surface area contributed by atoms with Gasteiger partial charge in [0.1, 0.15) is 12.7 Å². The number of hydrogen-bond acceptors (Lipinski definition) is 6. The predicted octanol–water partition coefficient (Wildman–Crippen LogP) is 2.06. The van der Waals surface area contributed by atoms with Gasteiger partial charge in [-0.3, -0.25) is 9.80 Å². The molecule has 0 amide bonds. The SMILES string of the molecule is COc1cc(CN2CCN(C)C(C)(C)C2)ccc1OC[C@@H](O)CN1CCCC1. The van der Waals surface area contributed by atoms with Gasteiger partial charge in [-0.1, -0.05) is 6.07 Å². The van der Waals surface area contributed by atoms with Gasteiger partial charge in [0.25, 0.3) is 0 Å². The first-order valence-electron chi connectivity index (χ1n) is 10.5. The van der Waals surface area contributed by atoms with Crippen molar-refractivity contribution >= 4 is 0 Å².